The minimum absolute atomic E-state index is 0.334. The second-order valence-corrected chi connectivity index (χ2v) is 7.96. The summed E-state index contributed by atoms with van der Waals surface area (Å²) in [5.74, 6) is 1.95. The van der Waals surface area contributed by atoms with Gasteiger partial charge in [0.2, 0.25) is 0 Å². The van der Waals surface area contributed by atoms with Crippen LogP contribution in [0.1, 0.15) is 25.0 Å². The molecule has 110 valence electrons. The predicted molar refractivity (Wildman–Crippen MR) is 90.7 cm³/mol. The molecule has 0 aliphatic carbocycles. The molecule has 0 aromatic heterocycles. The van der Waals surface area contributed by atoms with Gasteiger partial charge < -0.3 is 10.5 Å². The summed E-state index contributed by atoms with van der Waals surface area (Å²) in [7, 11) is 1.65. The number of methoxy groups -OCH3 is 1. The van der Waals surface area contributed by atoms with E-state index in [0.717, 1.165) is 30.9 Å². The molecule has 0 radical (unpaired) electrons. The highest BCUT2D eigenvalue weighted by Gasteiger charge is 2.26. The first-order valence-electron chi connectivity index (χ1n) is 6.74. The fourth-order valence-electron chi connectivity index (χ4n) is 2.54. The fourth-order valence-corrected chi connectivity index (χ4v) is 3.89. The number of rotatable bonds is 4. The Labute approximate surface area is 130 Å². The molecular formula is C15H22N2OS2. The third kappa shape index (κ3) is 3.87. The Morgan fingerprint density at radius 2 is 2.25 bits per heavy atom. The van der Waals surface area contributed by atoms with E-state index in [2.05, 4.69) is 24.8 Å². The summed E-state index contributed by atoms with van der Waals surface area (Å²) >= 11 is 7.08. The van der Waals surface area contributed by atoms with Crippen LogP contribution in [0.4, 0.5) is 0 Å². The van der Waals surface area contributed by atoms with E-state index in [9.17, 15) is 0 Å². The lowest BCUT2D eigenvalue weighted by atomic mass is 10.1. The van der Waals surface area contributed by atoms with Crippen LogP contribution in [0, 0.1) is 0 Å². The zero-order valence-corrected chi connectivity index (χ0v) is 13.9. The molecule has 1 heterocycles. The molecule has 0 bridgehead atoms. The lowest BCUT2D eigenvalue weighted by Gasteiger charge is -2.37. The van der Waals surface area contributed by atoms with Crippen molar-refractivity contribution in [2.24, 2.45) is 5.73 Å². The van der Waals surface area contributed by atoms with Crippen molar-refractivity contribution in [3.05, 3.63) is 29.3 Å². The van der Waals surface area contributed by atoms with E-state index in [4.69, 9.17) is 22.7 Å². The molecule has 1 aliphatic heterocycles. The lowest BCUT2D eigenvalue weighted by Crippen LogP contribution is -2.42. The normalized spacial score (nSPS) is 18.8. The van der Waals surface area contributed by atoms with Gasteiger partial charge in [-0.15, -0.1) is 0 Å². The standard InChI is InChI=1S/C15H22N2OS2/c1-15(2)10-17(6-7-20-15)9-11-4-5-12(14(16)19)13(8-11)18-3/h4-5,8H,6-7,9-10H2,1-3H3,(H2,16,19). The van der Waals surface area contributed by atoms with Crippen LogP contribution < -0.4 is 10.5 Å². The number of hydrogen-bond donors (Lipinski definition) is 1. The van der Waals surface area contributed by atoms with Gasteiger partial charge in [-0.3, -0.25) is 4.90 Å². The highest BCUT2D eigenvalue weighted by atomic mass is 32.2. The lowest BCUT2D eigenvalue weighted by molar-refractivity contribution is 0.252. The number of thioether (sulfide) groups is 1. The van der Waals surface area contributed by atoms with Gasteiger partial charge in [-0.05, 0) is 31.5 Å². The van der Waals surface area contributed by atoms with Crippen LogP contribution in [0.15, 0.2) is 18.2 Å². The minimum Gasteiger partial charge on any atom is -0.496 e. The van der Waals surface area contributed by atoms with Crippen LogP contribution >= 0.6 is 24.0 Å². The van der Waals surface area contributed by atoms with Gasteiger partial charge in [0.25, 0.3) is 0 Å². The van der Waals surface area contributed by atoms with Crippen LogP contribution in [0.5, 0.6) is 5.75 Å². The first-order valence-corrected chi connectivity index (χ1v) is 8.14. The van der Waals surface area contributed by atoms with Crippen molar-refractivity contribution in [1.82, 2.24) is 4.90 Å². The number of thiocarbonyl (C=S) groups is 1. The SMILES string of the molecule is COc1cc(CN2CCSC(C)(C)C2)ccc1C(N)=S. The van der Waals surface area contributed by atoms with E-state index in [1.54, 1.807) is 7.11 Å². The second kappa shape index (κ2) is 6.33. The number of hydrogen-bond acceptors (Lipinski definition) is 4. The fraction of sp³-hybridized carbons (Fsp3) is 0.533. The summed E-state index contributed by atoms with van der Waals surface area (Å²) in [5, 5.41) is 0. The molecule has 5 heteroatoms. The molecule has 0 saturated carbocycles. The Morgan fingerprint density at radius 3 is 2.85 bits per heavy atom. The first kappa shape index (κ1) is 15.6. The van der Waals surface area contributed by atoms with Gasteiger partial charge in [-0.1, -0.05) is 18.3 Å². The topological polar surface area (TPSA) is 38.5 Å². The Balaban J connectivity index is 2.12. The van der Waals surface area contributed by atoms with E-state index < -0.39 is 0 Å². The number of ether oxygens (including phenoxy) is 1. The van der Waals surface area contributed by atoms with Gasteiger partial charge >= 0.3 is 0 Å². The summed E-state index contributed by atoms with van der Waals surface area (Å²) in [4.78, 5) is 2.87. The van der Waals surface area contributed by atoms with Gasteiger partial charge in [-0.2, -0.15) is 11.8 Å². The zero-order valence-electron chi connectivity index (χ0n) is 12.3. The van der Waals surface area contributed by atoms with Gasteiger partial charge in [0.05, 0.1) is 12.7 Å². The van der Waals surface area contributed by atoms with Crippen molar-refractivity contribution in [3.63, 3.8) is 0 Å². The zero-order chi connectivity index (χ0) is 14.8. The maximum absolute atomic E-state index is 5.70. The van der Waals surface area contributed by atoms with Crippen molar-refractivity contribution in [3.8, 4) is 5.75 Å². The Bertz CT molecular complexity index is 503. The number of nitrogens with two attached hydrogens (primary N) is 1. The summed E-state index contributed by atoms with van der Waals surface area (Å²) < 4.78 is 5.72. The molecule has 2 rings (SSSR count). The third-order valence-corrected chi connectivity index (χ3v) is 4.96. The molecule has 0 unspecified atom stereocenters. The van der Waals surface area contributed by atoms with Gasteiger partial charge in [0.15, 0.2) is 0 Å². The van der Waals surface area contributed by atoms with Crippen molar-refractivity contribution >= 4 is 29.0 Å². The van der Waals surface area contributed by atoms with Crippen LogP contribution in [0.2, 0.25) is 0 Å². The smallest absolute Gasteiger partial charge is 0.129 e. The van der Waals surface area contributed by atoms with Gasteiger partial charge in [-0.25, -0.2) is 0 Å². The highest BCUT2D eigenvalue weighted by molar-refractivity contribution is 8.00. The largest absolute Gasteiger partial charge is 0.496 e. The van der Waals surface area contributed by atoms with Gasteiger partial charge in [0, 0.05) is 30.1 Å². The molecule has 0 atom stereocenters. The third-order valence-electron chi connectivity index (χ3n) is 3.44. The van der Waals surface area contributed by atoms with Crippen LogP contribution in [-0.2, 0) is 6.54 Å². The predicted octanol–water partition coefficient (Wildman–Crippen LogP) is 2.66. The average Bonchev–Trinajstić information content (AvgIpc) is 2.37. The molecule has 3 nitrogen and oxygen atoms in total. The van der Waals surface area contributed by atoms with Crippen molar-refractivity contribution in [2.45, 2.75) is 25.1 Å². The highest BCUT2D eigenvalue weighted by Crippen LogP contribution is 2.30. The molecule has 1 aromatic carbocycles. The van der Waals surface area contributed by atoms with Crippen molar-refractivity contribution in [2.75, 3.05) is 26.0 Å². The van der Waals surface area contributed by atoms with Crippen LogP contribution in [-0.4, -0.2) is 40.6 Å². The summed E-state index contributed by atoms with van der Waals surface area (Å²) in [6.07, 6.45) is 0. The van der Waals surface area contributed by atoms with E-state index in [-0.39, 0.29) is 0 Å². The molecule has 20 heavy (non-hydrogen) atoms. The van der Waals surface area contributed by atoms with E-state index in [1.165, 1.54) is 11.3 Å². The molecule has 1 saturated heterocycles. The van der Waals surface area contributed by atoms with E-state index in [0.29, 0.717) is 9.74 Å². The Kier molecular flexibility index (Phi) is 4.94. The van der Waals surface area contributed by atoms with E-state index in [1.807, 2.05) is 23.9 Å². The first-order chi connectivity index (χ1) is 9.41. The number of nitrogens with zero attached hydrogens (tertiary/aromatic N) is 1. The van der Waals surface area contributed by atoms with Crippen LogP contribution in [0.25, 0.3) is 0 Å². The second-order valence-electron chi connectivity index (χ2n) is 5.72. The molecule has 1 aliphatic rings. The van der Waals surface area contributed by atoms with Gasteiger partial charge in [0.1, 0.15) is 10.7 Å². The van der Waals surface area contributed by atoms with Crippen LogP contribution in [0.3, 0.4) is 0 Å². The maximum atomic E-state index is 5.70. The summed E-state index contributed by atoms with van der Waals surface area (Å²) in [5.41, 5.74) is 7.74. The maximum Gasteiger partial charge on any atom is 0.129 e. The summed E-state index contributed by atoms with van der Waals surface area (Å²) in [6, 6.07) is 6.09. The molecule has 0 spiro atoms. The molecule has 0 amide bonds. The average molecular weight is 310 g/mol. The number of benzene rings is 1. The Hall–Kier alpha value is -0.780. The molecule has 1 aromatic rings. The van der Waals surface area contributed by atoms with Crippen molar-refractivity contribution < 1.29 is 4.74 Å². The van der Waals surface area contributed by atoms with E-state index >= 15 is 0 Å². The Morgan fingerprint density at radius 1 is 1.50 bits per heavy atom. The molecule has 2 N–H and O–H groups in total. The van der Waals surface area contributed by atoms with Crippen molar-refractivity contribution in [1.29, 1.82) is 0 Å². The minimum atomic E-state index is 0.334. The molecular weight excluding hydrogens is 288 g/mol. The quantitative estimate of drug-likeness (QED) is 0.866. The summed E-state index contributed by atoms with van der Waals surface area (Å²) in [6.45, 7) is 7.79. The monoisotopic (exact) mass is 310 g/mol. The molecule has 1 fully saturated rings.